The van der Waals surface area contributed by atoms with E-state index in [1.54, 1.807) is 12.5 Å². The number of nitrogens with zero attached hydrogens (tertiary/aromatic N) is 2. The molecule has 116 valence electrons. The monoisotopic (exact) mass is 306 g/mol. The summed E-state index contributed by atoms with van der Waals surface area (Å²) in [5.74, 6) is 1.66. The Bertz CT molecular complexity index is 633. The standard InChI is InChI=1S/C19H18N2O2/c1-2-15(11-16-3-7-18(8-4-16)22-13-20)12-17-5-9-19(10-6-17)23-14-21/h3-10,15H,2,11-12H2,1H3. The van der Waals surface area contributed by atoms with Crippen molar-refractivity contribution >= 4 is 0 Å². The molecule has 0 spiro atoms. The number of hydrogen-bond donors (Lipinski definition) is 0. The van der Waals surface area contributed by atoms with Gasteiger partial charge in [0.25, 0.3) is 12.5 Å². The maximum Gasteiger partial charge on any atom is 0.292 e. The van der Waals surface area contributed by atoms with Crippen molar-refractivity contribution < 1.29 is 9.47 Å². The summed E-state index contributed by atoms with van der Waals surface area (Å²) >= 11 is 0. The molecule has 0 radical (unpaired) electrons. The topological polar surface area (TPSA) is 66.0 Å². The first-order chi connectivity index (χ1) is 11.2. The Morgan fingerprint density at radius 3 is 1.48 bits per heavy atom. The molecule has 2 rings (SSSR count). The van der Waals surface area contributed by atoms with E-state index >= 15 is 0 Å². The van der Waals surface area contributed by atoms with Gasteiger partial charge < -0.3 is 9.47 Å². The zero-order chi connectivity index (χ0) is 16.5. The van der Waals surface area contributed by atoms with Gasteiger partial charge in [-0.1, -0.05) is 37.6 Å². The first-order valence-corrected chi connectivity index (χ1v) is 7.55. The number of ether oxygens (including phenoxy) is 2. The van der Waals surface area contributed by atoms with Crippen molar-refractivity contribution in [1.82, 2.24) is 0 Å². The summed E-state index contributed by atoms with van der Waals surface area (Å²) in [5, 5.41) is 17.0. The van der Waals surface area contributed by atoms with Crippen LogP contribution in [0.5, 0.6) is 11.5 Å². The van der Waals surface area contributed by atoms with Crippen LogP contribution >= 0.6 is 0 Å². The second-order valence-electron chi connectivity index (χ2n) is 5.36. The molecule has 0 aromatic heterocycles. The van der Waals surface area contributed by atoms with Gasteiger partial charge in [-0.3, -0.25) is 0 Å². The third kappa shape index (κ3) is 5.05. The van der Waals surface area contributed by atoms with Gasteiger partial charge >= 0.3 is 0 Å². The quantitative estimate of drug-likeness (QED) is 0.718. The fourth-order valence-corrected chi connectivity index (χ4v) is 2.52. The van der Waals surface area contributed by atoms with Gasteiger partial charge in [-0.05, 0) is 54.2 Å². The van der Waals surface area contributed by atoms with E-state index in [1.165, 1.54) is 11.1 Å². The molecule has 0 aliphatic rings. The van der Waals surface area contributed by atoms with Crippen LogP contribution in [0.3, 0.4) is 0 Å². The van der Waals surface area contributed by atoms with E-state index in [9.17, 15) is 0 Å². The zero-order valence-electron chi connectivity index (χ0n) is 13.0. The van der Waals surface area contributed by atoms with Crippen molar-refractivity contribution in [2.75, 3.05) is 0 Å². The normalized spacial score (nSPS) is 9.91. The molecule has 0 saturated heterocycles. The highest BCUT2D eigenvalue weighted by Gasteiger charge is 2.09. The summed E-state index contributed by atoms with van der Waals surface area (Å²) in [6.45, 7) is 2.19. The molecule has 0 atom stereocenters. The van der Waals surface area contributed by atoms with Crippen molar-refractivity contribution in [3.05, 3.63) is 59.7 Å². The van der Waals surface area contributed by atoms with Crippen molar-refractivity contribution in [3.8, 4) is 24.0 Å². The summed E-state index contributed by atoms with van der Waals surface area (Å²) in [7, 11) is 0. The van der Waals surface area contributed by atoms with Gasteiger partial charge in [0.1, 0.15) is 11.5 Å². The Hall–Kier alpha value is -2.98. The molecule has 4 nitrogen and oxygen atoms in total. The lowest BCUT2D eigenvalue weighted by Crippen LogP contribution is -2.07. The molecular weight excluding hydrogens is 288 g/mol. The first-order valence-electron chi connectivity index (χ1n) is 7.55. The average molecular weight is 306 g/mol. The van der Waals surface area contributed by atoms with Crippen molar-refractivity contribution in [2.45, 2.75) is 26.2 Å². The lowest BCUT2D eigenvalue weighted by atomic mass is 9.90. The van der Waals surface area contributed by atoms with E-state index in [1.807, 2.05) is 48.5 Å². The zero-order valence-corrected chi connectivity index (χ0v) is 13.0. The Morgan fingerprint density at radius 1 is 0.783 bits per heavy atom. The third-order valence-electron chi connectivity index (χ3n) is 3.80. The minimum absolute atomic E-state index is 0.528. The molecule has 0 heterocycles. The third-order valence-corrected chi connectivity index (χ3v) is 3.80. The lowest BCUT2D eigenvalue weighted by Gasteiger charge is -2.15. The van der Waals surface area contributed by atoms with Gasteiger partial charge in [-0.2, -0.15) is 0 Å². The molecule has 0 saturated carbocycles. The van der Waals surface area contributed by atoms with Crippen LogP contribution in [0.1, 0.15) is 24.5 Å². The number of benzene rings is 2. The Balaban J connectivity index is 1.97. The van der Waals surface area contributed by atoms with Gasteiger partial charge in [0.2, 0.25) is 0 Å². The number of hydrogen-bond acceptors (Lipinski definition) is 4. The van der Waals surface area contributed by atoms with E-state index < -0.39 is 0 Å². The molecule has 0 amide bonds. The van der Waals surface area contributed by atoms with Crippen LogP contribution in [-0.4, -0.2) is 0 Å². The average Bonchev–Trinajstić information content (AvgIpc) is 2.58. The van der Waals surface area contributed by atoms with Gasteiger partial charge in [-0.25, -0.2) is 0 Å². The second-order valence-corrected chi connectivity index (χ2v) is 5.36. The summed E-state index contributed by atoms with van der Waals surface area (Å²) in [6.07, 6.45) is 6.36. The summed E-state index contributed by atoms with van der Waals surface area (Å²) < 4.78 is 9.58. The molecule has 2 aromatic carbocycles. The van der Waals surface area contributed by atoms with Gasteiger partial charge in [0.05, 0.1) is 0 Å². The van der Waals surface area contributed by atoms with E-state index in [-0.39, 0.29) is 0 Å². The fourth-order valence-electron chi connectivity index (χ4n) is 2.52. The molecule has 0 N–H and O–H groups in total. The summed E-state index contributed by atoms with van der Waals surface area (Å²) in [5.41, 5.74) is 2.46. The first kappa shape index (κ1) is 16.4. The van der Waals surface area contributed by atoms with Gasteiger partial charge in [0.15, 0.2) is 0 Å². The smallest absolute Gasteiger partial charge is 0.292 e. The minimum Gasteiger partial charge on any atom is -0.388 e. The van der Waals surface area contributed by atoms with Crippen LogP contribution in [0.15, 0.2) is 48.5 Å². The second kappa shape index (κ2) is 8.46. The Labute approximate surface area is 136 Å². The van der Waals surface area contributed by atoms with Crippen molar-refractivity contribution in [1.29, 1.82) is 10.5 Å². The van der Waals surface area contributed by atoms with Crippen LogP contribution < -0.4 is 9.47 Å². The van der Waals surface area contributed by atoms with Gasteiger partial charge in [0, 0.05) is 0 Å². The van der Waals surface area contributed by atoms with E-state index in [2.05, 4.69) is 6.92 Å². The fraction of sp³-hybridized carbons (Fsp3) is 0.263. The van der Waals surface area contributed by atoms with Crippen LogP contribution in [-0.2, 0) is 12.8 Å². The van der Waals surface area contributed by atoms with Crippen molar-refractivity contribution in [2.24, 2.45) is 5.92 Å². The summed E-state index contributed by atoms with van der Waals surface area (Å²) in [4.78, 5) is 0. The SMILES string of the molecule is CCC(Cc1ccc(OC#N)cc1)Cc1ccc(OC#N)cc1. The molecule has 2 aromatic rings. The maximum atomic E-state index is 8.49. The molecule has 0 aliphatic carbocycles. The van der Waals surface area contributed by atoms with Crippen LogP contribution in [0, 0.1) is 29.0 Å². The molecule has 0 bridgehead atoms. The minimum atomic E-state index is 0.528. The van der Waals surface area contributed by atoms with E-state index in [0.717, 1.165) is 19.3 Å². The number of rotatable bonds is 7. The molecule has 0 fully saturated rings. The highest BCUT2D eigenvalue weighted by molar-refractivity contribution is 5.30. The Kier molecular flexibility index (Phi) is 6.03. The van der Waals surface area contributed by atoms with E-state index in [0.29, 0.717) is 17.4 Å². The highest BCUT2D eigenvalue weighted by Crippen LogP contribution is 2.21. The Morgan fingerprint density at radius 2 is 1.17 bits per heavy atom. The lowest BCUT2D eigenvalue weighted by molar-refractivity contribution is 0.495. The maximum absolute atomic E-state index is 8.49. The largest absolute Gasteiger partial charge is 0.388 e. The predicted octanol–water partition coefficient (Wildman–Crippen LogP) is 4.22. The van der Waals surface area contributed by atoms with Crippen LogP contribution in [0.4, 0.5) is 0 Å². The summed E-state index contributed by atoms with van der Waals surface area (Å²) in [6, 6.07) is 15.3. The van der Waals surface area contributed by atoms with Crippen LogP contribution in [0.25, 0.3) is 0 Å². The molecule has 4 heteroatoms. The highest BCUT2D eigenvalue weighted by atomic mass is 16.5. The molecule has 0 unspecified atom stereocenters. The molecular formula is C19H18N2O2. The van der Waals surface area contributed by atoms with Crippen molar-refractivity contribution in [3.63, 3.8) is 0 Å². The van der Waals surface area contributed by atoms with Crippen LogP contribution in [0.2, 0.25) is 0 Å². The molecule has 23 heavy (non-hydrogen) atoms. The predicted molar refractivity (Wildman–Crippen MR) is 86.6 cm³/mol. The molecule has 0 aliphatic heterocycles. The number of nitriles is 2. The van der Waals surface area contributed by atoms with E-state index in [4.69, 9.17) is 20.0 Å². The van der Waals surface area contributed by atoms with Gasteiger partial charge in [-0.15, -0.1) is 10.5 Å².